The molecule has 0 aliphatic carbocycles. The van der Waals surface area contributed by atoms with Gasteiger partial charge in [-0.2, -0.15) is 0 Å². The van der Waals surface area contributed by atoms with Gasteiger partial charge < -0.3 is 14.5 Å². The van der Waals surface area contributed by atoms with E-state index < -0.39 is 0 Å². The van der Waals surface area contributed by atoms with Crippen LogP contribution in [0.25, 0.3) is 11.3 Å². The van der Waals surface area contributed by atoms with Crippen molar-refractivity contribution in [1.29, 1.82) is 0 Å². The Morgan fingerprint density at radius 2 is 2.35 bits per heavy atom. The van der Waals surface area contributed by atoms with Gasteiger partial charge in [-0.1, -0.05) is 12.1 Å². The van der Waals surface area contributed by atoms with Crippen molar-refractivity contribution in [3.8, 4) is 17.0 Å². The summed E-state index contributed by atoms with van der Waals surface area (Å²) in [6.07, 6.45) is 2.02. The molecular formula is C15H16N2O3. The zero-order chi connectivity index (χ0) is 13.9. The molecule has 2 heterocycles. The molecule has 104 valence electrons. The number of rotatable bonds is 3. The first kappa shape index (κ1) is 12.9. The van der Waals surface area contributed by atoms with E-state index in [-0.39, 0.29) is 12.2 Å². The molecule has 0 saturated carbocycles. The lowest BCUT2D eigenvalue weighted by atomic mass is 10.0. The van der Waals surface area contributed by atoms with Gasteiger partial charge in [0.1, 0.15) is 18.2 Å². The summed E-state index contributed by atoms with van der Waals surface area (Å²) in [5, 5.41) is 0. The number of hydrogen-bond acceptors (Lipinski definition) is 4. The topological polar surface area (TPSA) is 64.2 Å². The van der Waals surface area contributed by atoms with E-state index >= 15 is 0 Å². The second kappa shape index (κ2) is 5.46. The molecule has 2 aromatic rings. The van der Waals surface area contributed by atoms with Gasteiger partial charge in [0.15, 0.2) is 0 Å². The monoisotopic (exact) mass is 272 g/mol. The number of H-pyrrole nitrogens is 1. The molecule has 0 fully saturated rings. The molecule has 0 unspecified atom stereocenters. The Morgan fingerprint density at radius 1 is 1.45 bits per heavy atom. The van der Waals surface area contributed by atoms with Crippen LogP contribution in [-0.4, -0.2) is 23.7 Å². The first-order chi connectivity index (χ1) is 9.78. The predicted octanol–water partition coefficient (Wildman–Crippen LogP) is 1.91. The standard InChI is InChI=1S/C15H16N2O3/c1-19-9-13-16-12(8-14(18)17-13)11-6-2-4-10-5-3-7-20-15(10)11/h2,4,6,8H,3,5,7,9H2,1H3,(H,16,17,18). The second-order valence-electron chi connectivity index (χ2n) is 4.76. The number of ether oxygens (including phenoxy) is 2. The highest BCUT2D eigenvalue weighted by atomic mass is 16.5. The normalized spacial score (nSPS) is 13.7. The van der Waals surface area contributed by atoms with Crippen molar-refractivity contribution in [2.24, 2.45) is 0 Å². The molecule has 0 saturated heterocycles. The predicted molar refractivity (Wildman–Crippen MR) is 74.8 cm³/mol. The van der Waals surface area contributed by atoms with Gasteiger partial charge in [-0.05, 0) is 24.5 Å². The third kappa shape index (κ3) is 2.44. The van der Waals surface area contributed by atoms with Crippen molar-refractivity contribution in [2.45, 2.75) is 19.4 Å². The number of aryl methyl sites for hydroxylation is 1. The third-order valence-corrected chi connectivity index (χ3v) is 3.28. The minimum Gasteiger partial charge on any atom is -0.493 e. The Hall–Kier alpha value is -2.14. The van der Waals surface area contributed by atoms with Gasteiger partial charge in [0, 0.05) is 18.7 Å². The van der Waals surface area contributed by atoms with Crippen LogP contribution in [0.1, 0.15) is 17.8 Å². The zero-order valence-corrected chi connectivity index (χ0v) is 11.3. The number of nitrogens with one attached hydrogen (secondary N) is 1. The number of aromatic amines is 1. The molecule has 0 radical (unpaired) electrons. The summed E-state index contributed by atoms with van der Waals surface area (Å²) >= 11 is 0. The summed E-state index contributed by atoms with van der Waals surface area (Å²) in [4.78, 5) is 18.8. The van der Waals surface area contributed by atoms with Gasteiger partial charge in [-0.15, -0.1) is 0 Å². The largest absolute Gasteiger partial charge is 0.493 e. The molecule has 1 N–H and O–H groups in total. The van der Waals surface area contributed by atoms with E-state index in [1.807, 2.05) is 12.1 Å². The highest BCUT2D eigenvalue weighted by molar-refractivity contribution is 5.69. The van der Waals surface area contributed by atoms with E-state index in [4.69, 9.17) is 9.47 Å². The number of hydrogen-bond donors (Lipinski definition) is 1. The molecule has 0 amide bonds. The second-order valence-corrected chi connectivity index (χ2v) is 4.76. The van der Waals surface area contributed by atoms with E-state index in [1.165, 1.54) is 11.6 Å². The van der Waals surface area contributed by atoms with Crippen LogP contribution < -0.4 is 10.3 Å². The van der Waals surface area contributed by atoms with Gasteiger partial charge in [0.25, 0.3) is 5.56 Å². The maximum Gasteiger partial charge on any atom is 0.251 e. The number of aromatic nitrogens is 2. The van der Waals surface area contributed by atoms with Gasteiger partial charge in [0.2, 0.25) is 0 Å². The van der Waals surface area contributed by atoms with Crippen LogP contribution in [0.2, 0.25) is 0 Å². The fourth-order valence-electron chi connectivity index (χ4n) is 2.44. The Balaban J connectivity index is 2.11. The van der Waals surface area contributed by atoms with Crippen molar-refractivity contribution in [2.75, 3.05) is 13.7 Å². The summed E-state index contributed by atoms with van der Waals surface area (Å²) in [5.41, 5.74) is 2.48. The lowest BCUT2D eigenvalue weighted by Gasteiger charge is -2.20. The van der Waals surface area contributed by atoms with Crippen LogP contribution in [0.4, 0.5) is 0 Å². The molecule has 5 nitrogen and oxygen atoms in total. The number of para-hydroxylation sites is 1. The molecule has 0 atom stereocenters. The van der Waals surface area contributed by atoms with E-state index in [1.54, 1.807) is 7.11 Å². The first-order valence-corrected chi connectivity index (χ1v) is 6.62. The Bertz CT molecular complexity index is 679. The van der Waals surface area contributed by atoms with Crippen LogP contribution in [0, 0.1) is 0 Å². The van der Waals surface area contributed by atoms with Crippen LogP contribution in [0.15, 0.2) is 29.1 Å². The van der Waals surface area contributed by atoms with Crippen LogP contribution >= 0.6 is 0 Å². The summed E-state index contributed by atoms with van der Waals surface area (Å²) in [6, 6.07) is 7.46. The van der Waals surface area contributed by atoms with E-state index in [0.717, 1.165) is 24.2 Å². The van der Waals surface area contributed by atoms with Crippen molar-refractivity contribution < 1.29 is 9.47 Å². The van der Waals surface area contributed by atoms with E-state index in [2.05, 4.69) is 16.0 Å². The first-order valence-electron chi connectivity index (χ1n) is 6.62. The Kier molecular flexibility index (Phi) is 3.52. The molecule has 20 heavy (non-hydrogen) atoms. The summed E-state index contributed by atoms with van der Waals surface area (Å²) in [7, 11) is 1.57. The van der Waals surface area contributed by atoms with Gasteiger partial charge in [-0.25, -0.2) is 4.98 Å². The number of benzene rings is 1. The SMILES string of the molecule is COCc1nc(-c2cccc3c2OCCC3)cc(=O)[nH]1. The van der Waals surface area contributed by atoms with E-state index in [9.17, 15) is 4.79 Å². The molecule has 0 bridgehead atoms. The summed E-state index contributed by atoms with van der Waals surface area (Å²) < 4.78 is 10.8. The van der Waals surface area contributed by atoms with Crippen LogP contribution in [-0.2, 0) is 17.8 Å². The Morgan fingerprint density at radius 3 is 3.20 bits per heavy atom. The lowest BCUT2D eigenvalue weighted by molar-refractivity contribution is 0.177. The molecular weight excluding hydrogens is 256 g/mol. The average Bonchev–Trinajstić information content (AvgIpc) is 2.46. The molecule has 1 aromatic heterocycles. The molecule has 0 spiro atoms. The minimum absolute atomic E-state index is 0.185. The maximum atomic E-state index is 11.7. The minimum atomic E-state index is -0.185. The van der Waals surface area contributed by atoms with Gasteiger partial charge >= 0.3 is 0 Å². The summed E-state index contributed by atoms with van der Waals surface area (Å²) in [5.74, 6) is 1.36. The van der Waals surface area contributed by atoms with Crippen molar-refractivity contribution in [3.05, 3.63) is 46.0 Å². The average molecular weight is 272 g/mol. The third-order valence-electron chi connectivity index (χ3n) is 3.28. The summed E-state index contributed by atoms with van der Waals surface area (Å²) in [6.45, 7) is 0.983. The fourth-order valence-corrected chi connectivity index (χ4v) is 2.44. The van der Waals surface area contributed by atoms with Crippen molar-refractivity contribution in [1.82, 2.24) is 9.97 Å². The molecule has 1 aliphatic heterocycles. The molecule has 1 aliphatic rings. The fraction of sp³-hybridized carbons (Fsp3) is 0.333. The highest BCUT2D eigenvalue weighted by Gasteiger charge is 2.17. The number of methoxy groups -OCH3 is 1. The number of nitrogens with zero attached hydrogens (tertiary/aromatic N) is 1. The highest BCUT2D eigenvalue weighted by Crippen LogP contribution is 2.34. The molecule has 3 rings (SSSR count). The molecule has 1 aromatic carbocycles. The van der Waals surface area contributed by atoms with Crippen LogP contribution in [0.3, 0.4) is 0 Å². The quantitative estimate of drug-likeness (QED) is 0.927. The van der Waals surface area contributed by atoms with Crippen LogP contribution in [0.5, 0.6) is 5.75 Å². The number of fused-ring (bicyclic) bond motifs is 1. The van der Waals surface area contributed by atoms with Crippen molar-refractivity contribution in [3.63, 3.8) is 0 Å². The van der Waals surface area contributed by atoms with Gasteiger partial charge in [-0.3, -0.25) is 4.79 Å². The zero-order valence-electron chi connectivity index (χ0n) is 11.3. The lowest BCUT2D eigenvalue weighted by Crippen LogP contribution is -2.13. The smallest absolute Gasteiger partial charge is 0.251 e. The maximum absolute atomic E-state index is 11.7. The van der Waals surface area contributed by atoms with Gasteiger partial charge in [0.05, 0.1) is 12.3 Å². The molecule has 5 heteroatoms. The van der Waals surface area contributed by atoms with E-state index in [0.29, 0.717) is 18.1 Å². The van der Waals surface area contributed by atoms with Crippen molar-refractivity contribution >= 4 is 0 Å². The Labute approximate surface area is 116 Å².